The highest BCUT2D eigenvalue weighted by Crippen LogP contribution is 2.23. The second kappa shape index (κ2) is 8.32. The molecule has 0 heterocycles. The van der Waals surface area contributed by atoms with Gasteiger partial charge in [-0.25, -0.2) is 4.39 Å². The molecule has 0 aliphatic carbocycles. The Bertz CT molecular complexity index is 1110. The van der Waals surface area contributed by atoms with Crippen molar-refractivity contribution in [2.24, 2.45) is 0 Å². The van der Waals surface area contributed by atoms with Crippen molar-refractivity contribution in [2.75, 3.05) is 5.32 Å². The van der Waals surface area contributed by atoms with Crippen LogP contribution >= 0.6 is 11.6 Å². The molecule has 0 atom stereocenters. The fraction of sp³-hybridized carbons (Fsp3) is 0.0833. The standard InChI is InChI=1S/C24H19ClFNO/c25-23-14-20(11-12-24(23)26)27-15-17-5-3-9-21(13-17)28-16-19-8-4-7-18-6-1-2-10-22(18)19/h1-14,27H,15-16H2. The van der Waals surface area contributed by atoms with Gasteiger partial charge in [0, 0.05) is 12.2 Å². The molecule has 0 saturated carbocycles. The van der Waals surface area contributed by atoms with Gasteiger partial charge < -0.3 is 10.1 Å². The summed E-state index contributed by atoms with van der Waals surface area (Å²) >= 11 is 5.83. The molecule has 1 N–H and O–H groups in total. The van der Waals surface area contributed by atoms with Gasteiger partial charge >= 0.3 is 0 Å². The van der Waals surface area contributed by atoms with Gasteiger partial charge in [-0.15, -0.1) is 0 Å². The van der Waals surface area contributed by atoms with Crippen LogP contribution in [0.1, 0.15) is 11.1 Å². The number of nitrogens with one attached hydrogen (secondary N) is 1. The van der Waals surface area contributed by atoms with Crippen LogP contribution in [-0.2, 0) is 13.2 Å². The molecule has 0 aliphatic heterocycles. The molecule has 4 heteroatoms. The highest BCUT2D eigenvalue weighted by molar-refractivity contribution is 6.31. The Morgan fingerprint density at radius 1 is 0.857 bits per heavy atom. The lowest BCUT2D eigenvalue weighted by molar-refractivity contribution is 0.307. The van der Waals surface area contributed by atoms with E-state index >= 15 is 0 Å². The molecule has 4 aromatic carbocycles. The summed E-state index contributed by atoms with van der Waals surface area (Å²) in [5.41, 5.74) is 2.99. The molecule has 2 nitrogen and oxygen atoms in total. The van der Waals surface area contributed by atoms with Crippen molar-refractivity contribution in [2.45, 2.75) is 13.2 Å². The van der Waals surface area contributed by atoms with E-state index in [2.05, 4.69) is 35.6 Å². The van der Waals surface area contributed by atoms with Crippen molar-refractivity contribution in [1.29, 1.82) is 0 Å². The van der Waals surface area contributed by atoms with Gasteiger partial charge in [0.25, 0.3) is 0 Å². The molecule has 4 rings (SSSR count). The quantitative estimate of drug-likeness (QED) is 0.389. The van der Waals surface area contributed by atoms with Crippen LogP contribution in [0.3, 0.4) is 0 Å². The summed E-state index contributed by atoms with van der Waals surface area (Å²) in [5, 5.41) is 5.77. The van der Waals surface area contributed by atoms with Crippen LogP contribution in [0.4, 0.5) is 10.1 Å². The first-order valence-electron chi connectivity index (χ1n) is 9.06. The van der Waals surface area contributed by atoms with Gasteiger partial charge in [-0.1, -0.05) is 66.2 Å². The van der Waals surface area contributed by atoms with E-state index in [1.807, 2.05) is 36.4 Å². The van der Waals surface area contributed by atoms with Crippen molar-refractivity contribution in [3.63, 3.8) is 0 Å². The zero-order valence-electron chi connectivity index (χ0n) is 15.2. The highest BCUT2D eigenvalue weighted by Gasteiger charge is 2.04. The number of rotatable bonds is 6. The second-order valence-corrected chi connectivity index (χ2v) is 6.96. The minimum Gasteiger partial charge on any atom is -0.489 e. The molecule has 0 fully saturated rings. The van der Waals surface area contributed by atoms with Crippen molar-refractivity contribution >= 4 is 28.1 Å². The average molecular weight is 392 g/mol. The van der Waals surface area contributed by atoms with Gasteiger partial charge in [-0.3, -0.25) is 0 Å². The maximum Gasteiger partial charge on any atom is 0.141 e. The van der Waals surface area contributed by atoms with Crippen LogP contribution < -0.4 is 10.1 Å². The molecule has 0 aromatic heterocycles. The summed E-state index contributed by atoms with van der Waals surface area (Å²) < 4.78 is 19.3. The zero-order valence-corrected chi connectivity index (χ0v) is 15.9. The van der Waals surface area contributed by atoms with Gasteiger partial charge in [0.05, 0.1) is 5.02 Å². The molecule has 0 saturated heterocycles. The third-order valence-electron chi connectivity index (χ3n) is 4.59. The Hall–Kier alpha value is -3.04. The predicted octanol–water partition coefficient (Wildman–Crippen LogP) is 6.82. The molecule has 140 valence electrons. The van der Waals surface area contributed by atoms with Crippen LogP contribution in [0.5, 0.6) is 5.75 Å². The topological polar surface area (TPSA) is 21.3 Å². The summed E-state index contributed by atoms with van der Waals surface area (Å²) in [7, 11) is 0. The third-order valence-corrected chi connectivity index (χ3v) is 4.88. The Morgan fingerprint density at radius 3 is 2.57 bits per heavy atom. The SMILES string of the molecule is Fc1ccc(NCc2cccc(OCc3cccc4ccccc34)c2)cc1Cl. The number of halogens is 2. The first-order valence-corrected chi connectivity index (χ1v) is 9.44. The van der Waals surface area contributed by atoms with Gasteiger partial charge in [0.2, 0.25) is 0 Å². The normalized spacial score (nSPS) is 10.8. The minimum atomic E-state index is -0.420. The fourth-order valence-electron chi connectivity index (χ4n) is 3.13. The summed E-state index contributed by atoms with van der Waals surface area (Å²) in [6.45, 7) is 1.10. The number of fused-ring (bicyclic) bond motifs is 1. The van der Waals surface area contributed by atoms with Crippen LogP contribution in [0.25, 0.3) is 10.8 Å². The maximum absolute atomic E-state index is 13.3. The molecule has 0 unspecified atom stereocenters. The lowest BCUT2D eigenvalue weighted by Crippen LogP contribution is -2.01. The molecular weight excluding hydrogens is 373 g/mol. The number of ether oxygens (including phenoxy) is 1. The van der Waals surface area contributed by atoms with Crippen LogP contribution in [-0.4, -0.2) is 0 Å². The summed E-state index contributed by atoms with van der Waals surface area (Å²) in [5.74, 6) is 0.389. The zero-order chi connectivity index (χ0) is 19.3. The minimum absolute atomic E-state index is 0.108. The number of hydrogen-bond donors (Lipinski definition) is 1. The summed E-state index contributed by atoms with van der Waals surface area (Å²) in [4.78, 5) is 0. The molecular formula is C24H19ClFNO. The van der Waals surface area contributed by atoms with Crippen molar-refractivity contribution in [3.8, 4) is 5.75 Å². The number of hydrogen-bond acceptors (Lipinski definition) is 2. The van der Waals surface area contributed by atoms with E-state index in [1.54, 1.807) is 12.1 Å². The van der Waals surface area contributed by atoms with E-state index in [4.69, 9.17) is 16.3 Å². The van der Waals surface area contributed by atoms with E-state index in [0.717, 1.165) is 22.6 Å². The van der Waals surface area contributed by atoms with E-state index in [1.165, 1.54) is 16.8 Å². The smallest absolute Gasteiger partial charge is 0.141 e. The Kier molecular flexibility index (Phi) is 5.45. The second-order valence-electron chi connectivity index (χ2n) is 6.56. The monoisotopic (exact) mass is 391 g/mol. The maximum atomic E-state index is 13.3. The van der Waals surface area contributed by atoms with Crippen LogP contribution in [0.15, 0.2) is 84.9 Å². The predicted molar refractivity (Wildman–Crippen MR) is 113 cm³/mol. The summed E-state index contributed by atoms with van der Waals surface area (Å²) in [6.07, 6.45) is 0. The lowest BCUT2D eigenvalue weighted by atomic mass is 10.1. The van der Waals surface area contributed by atoms with E-state index < -0.39 is 5.82 Å². The molecule has 0 radical (unpaired) electrons. The Morgan fingerprint density at radius 2 is 1.68 bits per heavy atom. The Balaban J connectivity index is 1.42. The number of anilines is 1. The number of benzene rings is 4. The largest absolute Gasteiger partial charge is 0.489 e. The molecule has 0 amide bonds. The van der Waals surface area contributed by atoms with Crippen molar-refractivity contribution in [3.05, 3.63) is 107 Å². The molecule has 0 bridgehead atoms. The van der Waals surface area contributed by atoms with Gasteiger partial charge in [-0.2, -0.15) is 0 Å². The fourth-order valence-corrected chi connectivity index (χ4v) is 3.32. The molecule has 0 spiro atoms. The first-order chi connectivity index (χ1) is 13.7. The van der Waals surface area contributed by atoms with Gasteiger partial charge in [0.15, 0.2) is 0 Å². The van der Waals surface area contributed by atoms with Gasteiger partial charge in [0.1, 0.15) is 18.2 Å². The average Bonchev–Trinajstić information content (AvgIpc) is 2.73. The van der Waals surface area contributed by atoms with E-state index in [0.29, 0.717) is 13.2 Å². The summed E-state index contributed by atoms with van der Waals surface area (Å²) in [6, 6.07) is 27.1. The Labute approximate surface area is 168 Å². The van der Waals surface area contributed by atoms with E-state index in [-0.39, 0.29) is 5.02 Å². The van der Waals surface area contributed by atoms with Crippen molar-refractivity contribution in [1.82, 2.24) is 0 Å². The van der Waals surface area contributed by atoms with Crippen LogP contribution in [0.2, 0.25) is 5.02 Å². The van der Waals surface area contributed by atoms with Crippen molar-refractivity contribution < 1.29 is 9.13 Å². The highest BCUT2D eigenvalue weighted by atomic mass is 35.5. The molecule has 0 aliphatic rings. The molecule has 28 heavy (non-hydrogen) atoms. The first kappa shape index (κ1) is 18.3. The molecule has 4 aromatic rings. The third kappa shape index (κ3) is 4.26. The van der Waals surface area contributed by atoms with Crippen LogP contribution in [0, 0.1) is 5.82 Å². The van der Waals surface area contributed by atoms with E-state index in [9.17, 15) is 4.39 Å². The van der Waals surface area contributed by atoms with Gasteiger partial charge in [-0.05, 0) is 52.2 Å². The lowest BCUT2D eigenvalue weighted by Gasteiger charge is -2.11.